The summed E-state index contributed by atoms with van der Waals surface area (Å²) in [7, 11) is -2.96. The van der Waals surface area contributed by atoms with E-state index in [4.69, 9.17) is 0 Å². The molecule has 2 atom stereocenters. The molecule has 4 amide bonds. The standard InChI is InChI=1S/C24H28N4O5S/c1-24(19-7-6-17-4-2-3-5-18(17)14-19)22(30)28(23(31)25-24)15-21(29)27-11-9-26(10-12-27)20-8-13-34(32,33)16-20/h2-7,14,20H,8-13,15-16H2,1H3,(H,25,31)/t20-,24-/m0/s1. The first-order valence-corrected chi connectivity index (χ1v) is 13.3. The molecule has 5 rings (SSSR count). The number of sulfone groups is 1. The van der Waals surface area contributed by atoms with Gasteiger partial charge >= 0.3 is 6.03 Å². The van der Waals surface area contributed by atoms with Crippen molar-refractivity contribution in [3.05, 3.63) is 48.0 Å². The topological polar surface area (TPSA) is 107 Å². The van der Waals surface area contributed by atoms with Crippen LogP contribution in [0.2, 0.25) is 0 Å². The van der Waals surface area contributed by atoms with Gasteiger partial charge in [0.2, 0.25) is 5.91 Å². The first kappa shape index (κ1) is 22.8. The van der Waals surface area contributed by atoms with Crippen LogP contribution in [0.4, 0.5) is 4.79 Å². The second-order valence-corrected chi connectivity index (χ2v) is 11.7. The van der Waals surface area contributed by atoms with Crippen molar-refractivity contribution in [2.45, 2.75) is 24.9 Å². The molecule has 3 aliphatic heterocycles. The smallest absolute Gasteiger partial charge is 0.325 e. The van der Waals surface area contributed by atoms with E-state index >= 15 is 0 Å². The first-order chi connectivity index (χ1) is 16.2. The van der Waals surface area contributed by atoms with Crippen LogP contribution in [0.15, 0.2) is 42.5 Å². The number of imide groups is 1. The van der Waals surface area contributed by atoms with Gasteiger partial charge in [-0.1, -0.05) is 36.4 Å². The van der Waals surface area contributed by atoms with E-state index in [1.54, 1.807) is 11.8 Å². The number of amides is 4. The van der Waals surface area contributed by atoms with E-state index in [2.05, 4.69) is 10.2 Å². The zero-order chi connectivity index (χ0) is 24.1. The monoisotopic (exact) mass is 484 g/mol. The molecule has 0 saturated carbocycles. The van der Waals surface area contributed by atoms with Gasteiger partial charge in [0.15, 0.2) is 9.84 Å². The SMILES string of the molecule is C[C@@]1(c2ccc3ccccc3c2)NC(=O)N(CC(=O)N2CCN([C@H]3CCS(=O)(=O)C3)CC2)C1=O. The van der Waals surface area contributed by atoms with E-state index in [-0.39, 0.29) is 30.0 Å². The Morgan fingerprint density at radius 3 is 2.44 bits per heavy atom. The summed E-state index contributed by atoms with van der Waals surface area (Å²) in [5, 5.41) is 4.77. The predicted molar refractivity (Wildman–Crippen MR) is 127 cm³/mol. The molecular weight excluding hydrogens is 456 g/mol. The number of carbonyl (C=O) groups excluding carboxylic acids is 3. The van der Waals surface area contributed by atoms with Gasteiger partial charge in [0.05, 0.1) is 11.5 Å². The number of rotatable bonds is 4. The van der Waals surface area contributed by atoms with Crippen molar-refractivity contribution in [1.29, 1.82) is 0 Å². The molecule has 0 aliphatic carbocycles. The van der Waals surface area contributed by atoms with Crippen LogP contribution in [-0.4, -0.2) is 91.2 Å². The van der Waals surface area contributed by atoms with Crippen molar-refractivity contribution < 1.29 is 22.8 Å². The van der Waals surface area contributed by atoms with Crippen molar-refractivity contribution in [2.24, 2.45) is 0 Å². The van der Waals surface area contributed by atoms with Crippen molar-refractivity contribution in [2.75, 3.05) is 44.2 Å². The summed E-state index contributed by atoms with van der Waals surface area (Å²) in [4.78, 5) is 43.7. The van der Waals surface area contributed by atoms with E-state index in [1.165, 1.54) is 0 Å². The van der Waals surface area contributed by atoms with Crippen LogP contribution in [0.5, 0.6) is 0 Å². The number of carbonyl (C=O) groups is 3. The Bertz CT molecular complexity index is 1270. The van der Waals surface area contributed by atoms with E-state index in [1.807, 2.05) is 42.5 Å². The van der Waals surface area contributed by atoms with E-state index in [0.717, 1.165) is 15.7 Å². The van der Waals surface area contributed by atoms with Crippen LogP contribution in [0.3, 0.4) is 0 Å². The van der Waals surface area contributed by atoms with Gasteiger partial charge in [-0.25, -0.2) is 13.2 Å². The normalized spacial score (nSPS) is 27.4. The number of nitrogens with one attached hydrogen (secondary N) is 1. The fourth-order valence-electron chi connectivity index (χ4n) is 5.17. The third-order valence-electron chi connectivity index (χ3n) is 7.29. The second kappa shape index (κ2) is 8.35. The molecule has 0 unspecified atom stereocenters. The van der Waals surface area contributed by atoms with Gasteiger partial charge in [0.1, 0.15) is 12.1 Å². The minimum atomic E-state index is -2.96. The Morgan fingerprint density at radius 2 is 1.76 bits per heavy atom. The molecule has 2 aromatic rings. The van der Waals surface area contributed by atoms with Gasteiger partial charge in [0.25, 0.3) is 5.91 Å². The summed E-state index contributed by atoms with van der Waals surface area (Å²) in [6, 6.07) is 12.8. The highest BCUT2D eigenvalue weighted by molar-refractivity contribution is 7.91. The number of urea groups is 1. The number of hydrogen-bond donors (Lipinski definition) is 1. The third-order valence-corrected chi connectivity index (χ3v) is 9.04. The number of nitrogens with zero attached hydrogens (tertiary/aromatic N) is 3. The molecule has 9 nitrogen and oxygen atoms in total. The van der Waals surface area contributed by atoms with Gasteiger partial charge in [-0.2, -0.15) is 0 Å². The molecule has 10 heteroatoms. The number of benzene rings is 2. The number of hydrogen-bond acceptors (Lipinski definition) is 6. The largest absolute Gasteiger partial charge is 0.339 e. The van der Waals surface area contributed by atoms with Gasteiger partial charge in [-0.3, -0.25) is 19.4 Å². The maximum absolute atomic E-state index is 13.3. The Morgan fingerprint density at radius 1 is 1.06 bits per heavy atom. The lowest BCUT2D eigenvalue weighted by atomic mass is 9.90. The Labute approximate surface area is 198 Å². The summed E-state index contributed by atoms with van der Waals surface area (Å²) in [5.74, 6) is -0.337. The molecule has 3 saturated heterocycles. The molecule has 1 N–H and O–H groups in total. The van der Waals surface area contributed by atoms with E-state index < -0.39 is 27.3 Å². The Hall–Kier alpha value is -2.98. The van der Waals surface area contributed by atoms with Gasteiger partial charge in [-0.05, 0) is 35.7 Å². The Balaban J connectivity index is 1.24. The maximum atomic E-state index is 13.3. The molecule has 3 heterocycles. The Kier molecular flexibility index (Phi) is 5.60. The molecule has 34 heavy (non-hydrogen) atoms. The van der Waals surface area contributed by atoms with Crippen LogP contribution in [0, 0.1) is 0 Å². The molecular formula is C24H28N4O5S. The van der Waals surface area contributed by atoms with Crippen molar-refractivity contribution in [1.82, 2.24) is 20.0 Å². The van der Waals surface area contributed by atoms with Crippen LogP contribution < -0.4 is 5.32 Å². The average molecular weight is 485 g/mol. The fraction of sp³-hybridized carbons (Fsp3) is 0.458. The van der Waals surface area contributed by atoms with Crippen LogP contribution in [0.1, 0.15) is 18.9 Å². The van der Waals surface area contributed by atoms with E-state index in [9.17, 15) is 22.8 Å². The second-order valence-electron chi connectivity index (χ2n) is 9.48. The summed E-state index contributed by atoms with van der Waals surface area (Å²) in [5.41, 5.74) is -0.576. The van der Waals surface area contributed by atoms with Crippen molar-refractivity contribution >= 4 is 38.5 Å². The highest BCUT2D eigenvalue weighted by Gasteiger charge is 2.50. The molecule has 3 fully saturated rings. The molecule has 0 radical (unpaired) electrons. The highest BCUT2D eigenvalue weighted by Crippen LogP contribution is 2.31. The molecule has 2 aromatic carbocycles. The van der Waals surface area contributed by atoms with Gasteiger partial charge in [-0.15, -0.1) is 0 Å². The maximum Gasteiger partial charge on any atom is 0.325 e. The highest BCUT2D eigenvalue weighted by atomic mass is 32.2. The summed E-state index contributed by atoms with van der Waals surface area (Å²) >= 11 is 0. The van der Waals surface area contributed by atoms with Crippen LogP contribution in [-0.2, 0) is 25.0 Å². The molecule has 0 spiro atoms. The molecule has 3 aliphatic rings. The van der Waals surface area contributed by atoms with Crippen LogP contribution >= 0.6 is 0 Å². The predicted octanol–water partition coefficient (Wildman–Crippen LogP) is 0.938. The van der Waals surface area contributed by atoms with Gasteiger partial charge < -0.3 is 10.2 Å². The fourth-order valence-corrected chi connectivity index (χ4v) is 6.93. The summed E-state index contributed by atoms with van der Waals surface area (Å²) in [6.45, 7) is 3.41. The quantitative estimate of drug-likeness (QED) is 0.648. The lowest BCUT2D eigenvalue weighted by Gasteiger charge is -2.38. The van der Waals surface area contributed by atoms with Gasteiger partial charge in [0, 0.05) is 32.2 Å². The zero-order valence-corrected chi connectivity index (χ0v) is 19.9. The average Bonchev–Trinajstić information content (AvgIpc) is 3.30. The molecule has 0 aromatic heterocycles. The van der Waals surface area contributed by atoms with Crippen molar-refractivity contribution in [3.63, 3.8) is 0 Å². The first-order valence-electron chi connectivity index (χ1n) is 11.5. The lowest BCUT2D eigenvalue weighted by Crippen LogP contribution is -2.54. The van der Waals surface area contributed by atoms with Crippen LogP contribution in [0.25, 0.3) is 10.8 Å². The lowest BCUT2D eigenvalue weighted by molar-refractivity contribution is -0.140. The minimum Gasteiger partial charge on any atom is -0.339 e. The minimum absolute atomic E-state index is 0.0100. The number of fused-ring (bicyclic) bond motifs is 1. The third kappa shape index (κ3) is 4.05. The van der Waals surface area contributed by atoms with Crippen molar-refractivity contribution in [3.8, 4) is 0 Å². The molecule has 0 bridgehead atoms. The molecule has 180 valence electrons. The zero-order valence-electron chi connectivity index (χ0n) is 19.1. The van der Waals surface area contributed by atoms with E-state index in [0.29, 0.717) is 38.2 Å². The summed E-state index contributed by atoms with van der Waals surface area (Å²) in [6.07, 6.45) is 0.631. The summed E-state index contributed by atoms with van der Waals surface area (Å²) < 4.78 is 23.5. The number of piperazine rings is 1.